The fourth-order valence-corrected chi connectivity index (χ4v) is 4.39. The standard InChI is InChI=1S/C10H17N3S2/c1-6-9(15-10(12)13-6)14-8-5-3-2-4-7(8)11/h7-8H,2-5,11H2,1H3,(H2,12,13). The lowest BCUT2D eigenvalue weighted by Crippen LogP contribution is -2.35. The van der Waals surface area contributed by atoms with Crippen LogP contribution in [-0.2, 0) is 0 Å². The molecule has 0 amide bonds. The van der Waals surface area contributed by atoms with Crippen molar-refractivity contribution < 1.29 is 0 Å². The normalized spacial score (nSPS) is 26.8. The number of nitrogens with two attached hydrogens (primary N) is 2. The summed E-state index contributed by atoms with van der Waals surface area (Å²) in [6, 6.07) is 0.339. The van der Waals surface area contributed by atoms with Crippen molar-refractivity contribution in [3.05, 3.63) is 5.69 Å². The lowest BCUT2D eigenvalue weighted by Gasteiger charge is -2.27. The van der Waals surface area contributed by atoms with Crippen molar-refractivity contribution in [3.63, 3.8) is 0 Å². The average Bonchev–Trinajstić information content (AvgIpc) is 2.49. The summed E-state index contributed by atoms with van der Waals surface area (Å²) in [7, 11) is 0. The van der Waals surface area contributed by atoms with Crippen LogP contribution in [0.15, 0.2) is 4.21 Å². The van der Waals surface area contributed by atoms with Gasteiger partial charge in [0.25, 0.3) is 0 Å². The SMILES string of the molecule is Cc1nc(N)sc1SC1CCCCC1N. The average molecular weight is 243 g/mol. The molecule has 0 spiro atoms. The second-order valence-corrected chi connectivity index (χ2v) is 6.57. The molecule has 0 aromatic carbocycles. The first-order valence-electron chi connectivity index (χ1n) is 5.32. The summed E-state index contributed by atoms with van der Waals surface area (Å²) < 4.78 is 1.25. The van der Waals surface area contributed by atoms with Gasteiger partial charge in [-0.1, -0.05) is 24.2 Å². The van der Waals surface area contributed by atoms with Gasteiger partial charge >= 0.3 is 0 Å². The zero-order chi connectivity index (χ0) is 10.8. The molecule has 1 fully saturated rings. The van der Waals surface area contributed by atoms with Crippen LogP contribution in [0.3, 0.4) is 0 Å². The van der Waals surface area contributed by atoms with Gasteiger partial charge in [0.05, 0.1) is 9.90 Å². The van der Waals surface area contributed by atoms with Crippen LogP contribution in [0.5, 0.6) is 0 Å². The Morgan fingerprint density at radius 3 is 2.73 bits per heavy atom. The molecule has 5 heteroatoms. The van der Waals surface area contributed by atoms with E-state index < -0.39 is 0 Å². The van der Waals surface area contributed by atoms with Crippen LogP contribution in [0.25, 0.3) is 0 Å². The van der Waals surface area contributed by atoms with Gasteiger partial charge in [-0.15, -0.1) is 11.8 Å². The van der Waals surface area contributed by atoms with Crippen molar-refractivity contribution >= 4 is 28.2 Å². The van der Waals surface area contributed by atoms with Gasteiger partial charge in [0.2, 0.25) is 0 Å². The highest BCUT2D eigenvalue weighted by molar-refractivity contribution is 8.01. The van der Waals surface area contributed by atoms with Crippen molar-refractivity contribution in [1.29, 1.82) is 0 Å². The maximum absolute atomic E-state index is 6.12. The van der Waals surface area contributed by atoms with Crippen molar-refractivity contribution in [3.8, 4) is 0 Å². The molecule has 1 aromatic heterocycles. The number of aryl methyl sites for hydroxylation is 1. The summed E-state index contributed by atoms with van der Waals surface area (Å²) in [4.78, 5) is 4.24. The Balaban J connectivity index is 2.04. The largest absolute Gasteiger partial charge is 0.375 e. The van der Waals surface area contributed by atoms with Gasteiger partial charge in [-0.05, 0) is 19.8 Å². The molecule has 15 heavy (non-hydrogen) atoms. The fraction of sp³-hybridized carbons (Fsp3) is 0.700. The van der Waals surface area contributed by atoms with Crippen molar-refractivity contribution in [1.82, 2.24) is 4.98 Å². The van der Waals surface area contributed by atoms with E-state index in [-0.39, 0.29) is 0 Å². The van der Waals surface area contributed by atoms with Crippen LogP contribution in [-0.4, -0.2) is 16.3 Å². The summed E-state index contributed by atoms with van der Waals surface area (Å²) in [5.74, 6) is 0. The Bertz CT molecular complexity index is 337. The number of thiazole rings is 1. The van der Waals surface area contributed by atoms with Crippen LogP contribution in [0.2, 0.25) is 0 Å². The molecule has 2 rings (SSSR count). The third-order valence-electron chi connectivity index (χ3n) is 2.78. The molecule has 0 saturated heterocycles. The third-order valence-corrected chi connectivity index (χ3v) is 5.50. The van der Waals surface area contributed by atoms with Gasteiger partial charge in [0.15, 0.2) is 5.13 Å². The Labute approximate surface area is 98.6 Å². The van der Waals surface area contributed by atoms with E-state index in [0.717, 1.165) is 12.1 Å². The zero-order valence-corrected chi connectivity index (χ0v) is 10.5. The molecule has 3 nitrogen and oxygen atoms in total. The van der Waals surface area contributed by atoms with Gasteiger partial charge < -0.3 is 11.5 Å². The van der Waals surface area contributed by atoms with E-state index in [1.165, 1.54) is 23.5 Å². The maximum atomic E-state index is 6.12. The number of nitrogen functional groups attached to an aromatic ring is 1. The van der Waals surface area contributed by atoms with Gasteiger partial charge in [0.1, 0.15) is 0 Å². The Kier molecular flexibility index (Phi) is 3.53. The fourth-order valence-electron chi connectivity index (χ4n) is 1.92. The second kappa shape index (κ2) is 4.72. The molecule has 2 unspecified atom stereocenters. The molecule has 0 bridgehead atoms. The Hall–Kier alpha value is -0.260. The van der Waals surface area contributed by atoms with Gasteiger partial charge in [0, 0.05) is 11.3 Å². The minimum absolute atomic E-state index is 0.339. The van der Waals surface area contributed by atoms with E-state index in [0.29, 0.717) is 16.4 Å². The van der Waals surface area contributed by atoms with E-state index >= 15 is 0 Å². The molecular formula is C10H17N3S2. The first kappa shape index (κ1) is 11.2. The molecule has 0 aliphatic heterocycles. The van der Waals surface area contributed by atoms with Gasteiger partial charge in [-0.25, -0.2) is 4.98 Å². The smallest absolute Gasteiger partial charge is 0.181 e. The van der Waals surface area contributed by atoms with E-state index in [2.05, 4.69) is 4.98 Å². The summed E-state index contributed by atoms with van der Waals surface area (Å²) in [6.07, 6.45) is 4.97. The van der Waals surface area contributed by atoms with Crippen LogP contribution < -0.4 is 11.5 Å². The molecule has 2 atom stereocenters. The lowest BCUT2D eigenvalue weighted by atomic mass is 9.96. The van der Waals surface area contributed by atoms with Crippen molar-refractivity contribution in [2.24, 2.45) is 5.73 Å². The quantitative estimate of drug-likeness (QED) is 0.837. The number of rotatable bonds is 2. The second-order valence-electron chi connectivity index (χ2n) is 4.03. The summed E-state index contributed by atoms with van der Waals surface area (Å²) >= 11 is 3.46. The van der Waals surface area contributed by atoms with Gasteiger partial charge in [-0.3, -0.25) is 0 Å². The lowest BCUT2D eigenvalue weighted by molar-refractivity contribution is 0.453. The molecule has 4 N–H and O–H groups in total. The van der Waals surface area contributed by atoms with Crippen LogP contribution >= 0.6 is 23.1 Å². The Morgan fingerprint density at radius 2 is 2.13 bits per heavy atom. The summed E-state index contributed by atoms with van der Waals surface area (Å²) in [5.41, 5.74) is 12.9. The van der Waals surface area contributed by atoms with Crippen LogP contribution in [0.4, 0.5) is 5.13 Å². The van der Waals surface area contributed by atoms with Crippen molar-refractivity contribution in [2.75, 3.05) is 5.73 Å². The highest BCUT2D eigenvalue weighted by Crippen LogP contribution is 2.38. The highest BCUT2D eigenvalue weighted by Gasteiger charge is 2.24. The summed E-state index contributed by atoms with van der Waals surface area (Å²) in [5, 5.41) is 1.22. The summed E-state index contributed by atoms with van der Waals surface area (Å²) in [6.45, 7) is 2.02. The number of hydrogen-bond acceptors (Lipinski definition) is 5. The van der Waals surface area contributed by atoms with E-state index in [1.54, 1.807) is 11.3 Å². The molecule has 84 valence electrons. The van der Waals surface area contributed by atoms with E-state index in [1.807, 2.05) is 18.7 Å². The molecule has 1 aliphatic rings. The van der Waals surface area contributed by atoms with E-state index in [4.69, 9.17) is 11.5 Å². The monoisotopic (exact) mass is 243 g/mol. The highest BCUT2D eigenvalue weighted by atomic mass is 32.2. The zero-order valence-electron chi connectivity index (χ0n) is 8.90. The minimum Gasteiger partial charge on any atom is -0.375 e. The van der Waals surface area contributed by atoms with Crippen molar-refractivity contribution in [2.45, 2.75) is 48.1 Å². The first-order chi connectivity index (χ1) is 7.16. The number of thioether (sulfide) groups is 1. The predicted molar refractivity (Wildman–Crippen MR) is 67.4 cm³/mol. The minimum atomic E-state index is 0.339. The van der Waals surface area contributed by atoms with E-state index in [9.17, 15) is 0 Å². The molecule has 1 aromatic rings. The molecule has 1 heterocycles. The molecular weight excluding hydrogens is 226 g/mol. The topological polar surface area (TPSA) is 64.9 Å². The number of nitrogens with zero attached hydrogens (tertiary/aromatic N) is 1. The number of anilines is 1. The Morgan fingerprint density at radius 1 is 1.40 bits per heavy atom. The number of aromatic nitrogens is 1. The maximum Gasteiger partial charge on any atom is 0.181 e. The van der Waals surface area contributed by atoms with Crippen LogP contribution in [0.1, 0.15) is 31.4 Å². The third kappa shape index (κ3) is 2.65. The molecule has 1 aliphatic carbocycles. The number of hydrogen-bond donors (Lipinski definition) is 2. The molecule has 0 radical (unpaired) electrons. The van der Waals surface area contributed by atoms with Crippen LogP contribution in [0, 0.1) is 6.92 Å². The molecule has 1 saturated carbocycles. The predicted octanol–water partition coefficient (Wildman–Crippen LogP) is 2.40. The van der Waals surface area contributed by atoms with Gasteiger partial charge in [-0.2, -0.15) is 0 Å². The first-order valence-corrected chi connectivity index (χ1v) is 7.01.